The van der Waals surface area contributed by atoms with E-state index in [0.717, 1.165) is 113 Å². The van der Waals surface area contributed by atoms with Crippen LogP contribution < -0.4 is 29.4 Å². The fraction of sp³-hybridized carbons (Fsp3) is 0.0517. The molecule has 13 rings (SSSR count). The van der Waals surface area contributed by atoms with Crippen molar-refractivity contribution in [3.8, 4) is 21.7 Å². The number of anilines is 15. The van der Waals surface area contributed by atoms with Gasteiger partial charge in [0.05, 0.1) is 89.8 Å². The maximum Gasteiger partial charge on any atom is 0.124 e. The molecule has 0 saturated heterocycles. The van der Waals surface area contributed by atoms with E-state index in [1.165, 1.54) is 4.70 Å². The SMILES string of the molecule is CN1c2ccccc2N(c2cc(-c3cccc(-c4nc5ccccc5s4)c3)c(N3c4ccccc4N(C)c4ccccc43)c(N3c4ccccc4N(C)c4ccccc43)c2)c2ccccc21. The Morgan fingerprint density at radius 2 is 0.727 bits per heavy atom. The molecule has 0 unspecified atom stereocenters. The van der Waals surface area contributed by atoms with Crippen LogP contribution in [-0.2, 0) is 0 Å². The first-order valence-corrected chi connectivity index (χ1v) is 23.1. The van der Waals surface area contributed by atoms with Gasteiger partial charge in [0.2, 0.25) is 0 Å². The minimum absolute atomic E-state index is 0.995. The van der Waals surface area contributed by atoms with Gasteiger partial charge in [-0.25, -0.2) is 4.98 Å². The Morgan fingerprint density at radius 1 is 0.333 bits per heavy atom. The van der Waals surface area contributed by atoms with Gasteiger partial charge < -0.3 is 29.4 Å². The first-order valence-electron chi connectivity index (χ1n) is 22.3. The predicted molar refractivity (Wildman–Crippen MR) is 279 cm³/mol. The van der Waals surface area contributed by atoms with Crippen LogP contribution in [0.1, 0.15) is 0 Å². The van der Waals surface area contributed by atoms with Crippen LogP contribution in [0.25, 0.3) is 31.9 Å². The molecule has 0 aliphatic carbocycles. The monoisotopic (exact) mass is 869 g/mol. The minimum atomic E-state index is 0.995. The maximum absolute atomic E-state index is 5.17. The highest BCUT2D eigenvalue weighted by molar-refractivity contribution is 7.21. The molecule has 4 heterocycles. The third-order valence-corrected chi connectivity index (χ3v) is 14.5. The highest BCUT2D eigenvalue weighted by Gasteiger charge is 2.37. The quantitative estimate of drug-likeness (QED) is 0.170. The number of rotatable bonds is 5. The number of thiazole rings is 1. The second-order valence-corrected chi connectivity index (χ2v) is 18.1. The van der Waals surface area contributed by atoms with Gasteiger partial charge in [0, 0.05) is 38.0 Å². The summed E-state index contributed by atoms with van der Waals surface area (Å²) in [5.41, 5.74) is 20.8. The van der Waals surface area contributed by atoms with Crippen molar-refractivity contribution in [2.75, 3.05) is 50.5 Å². The summed E-state index contributed by atoms with van der Waals surface area (Å²) in [4.78, 5) is 19.6. The third-order valence-electron chi connectivity index (χ3n) is 13.4. The molecular formula is C58H43N7S. The fourth-order valence-electron chi connectivity index (χ4n) is 10.4. The van der Waals surface area contributed by atoms with Crippen LogP contribution in [0.2, 0.25) is 0 Å². The molecule has 3 aliphatic heterocycles. The lowest BCUT2D eigenvalue weighted by molar-refractivity contribution is 1.10. The van der Waals surface area contributed by atoms with Crippen molar-refractivity contribution in [2.24, 2.45) is 0 Å². The van der Waals surface area contributed by atoms with Gasteiger partial charge in [0.25, 0.3) is 0 Å². The van der Waals surface area contributed by atoms with Gasteiger partial charge in [-0.2, -0.15) is 0 Å². The summed E-state index contributed by atoms with van der Waals surface area (Å²) < 4.78 is 1.17. The molecule has 316 valence electrons. The number of para-hydroxylation sites is 13. The molecule has 10 aromatic rings. The summed E-state index contributed by atoms with van der Waals surface area (Å²) in [5.74, 6) is 0. The molecule has 3 aliphatic rings. The molecule has 0 saturated carbocycles. The van der Waals surface area contributed by atoms with Gasteiger partial charge in [-0.3, -0.25) is 0 Å². The highest BCUT2D eigenvalue weighted by atomic mass is 32.1. The number of fused-ring (bicyclic) bond motifs is 7. The molecule has 0 bridgehead atoms. The molecule has 8 heteroatoms. The second-order valence-electron chi connectivity index (χ2n) is 17.0. The summed E-state index contributed by atoms with van der Waals surface area (Å²) in [7, 11) is 6.52. The Labute approximate surface area is 388 Å². The van der Waals surface area contributed by atoms with Crippen LogP contribution in [-0.4, -0.2) is 26.1 Å². The summed E-state index contributed by atoms with van der Waals surface area (Å²) in [5, 5.41) is 0.995. The Balaban J connectivity index is 1.19. The van der Waals surface area contributed by atoms with Crippen molar-refractivity contribution < 1.29 is 0 Å². The summed E-state index contributed by atoms with van der Waals surface area (Å²) >= 11 is 1.74. The zero-order valence-electron chi connectivity index (χ0n) is 36.7. The van der Waals surface area contributed by atoms with Crippen molar-refractivity contribution in [1.29, 1.82) is 0 Å². The maximum atomic E-state index is 5.17. The number of aromatic nitrogens is 1. The van der Waals surface area contributed by atoms with Crippen molar-refractivity contribution in [3.63, 3.8) is 0 Å². The summed E-state index contributed by atoms with van der Waals surface area (Å²) in [6, 6.07) is 75.0. The van der Waals surface area contributed by atoms with Crippen LogP contribution in [0.5, 0.6) is 0 Å². The number of hydrogen-bond acceptors (Lipinski definition) is 8. The average molecular weight is 870 g/mol. The summed E-state index contributed by atoms with van der Waals surface area (Å²) in [6.07, 6.45) is 0. The van der Waals surface area contributed by atoms with Gasteiger partial charge in [0.1, 0.15) is 5.01 Å². The van der Waals surface area contributed by atoms with Crippen molar-refractivity contribution >= 4 is 107 Å². The summed E-state index contributed by atoms with van der Waals surface area (Å²) in [6.45, 7) is 0. The lowest BCUT2D eigenvalue weighted by atomic mass is 9.94. The van der Waals surface area contributed by atoms with E-state index in [1.807, 2.05) is 0 Å². The van der Waals surface area contributed by atoms with Crippen LogP contribution >= 0.6 is 11.3 Å². The number of hydrogen-bond donors (Lipinski definition) is 0. The first kappa shape index (κ1) is 38.2. The standard InChI is InChI=1S/C58H43N7S/c1-60-43-22-5-11-28-49(43)63(50-29-12-6-23-44(50)60)40-36-41(38-19-18-20-39(35-38)58-59-42-21-4-17-34-56(42)66-58)57(65-53-32-15-9-26-47(53)62(3)48-27-10-16-33-54(48)65)55(37-40)64-51-30-13-7-24-45(51)61(2)46-25-8-14-31-52(46)64/h4-37H,1-3H3. The Bertz CT molecular complexity index is 3380. The molecule has 7 nitrogen and oxygen atoms in total. The average Bonchev–Trinajstić information content (AvgIpc) is 3.82. The molecule has 0 radical (unpaired) electrons. The van der Waals surface area contributed by atoms with Gasteiger partial charge >= 0.3 is 0 Å². The van der Waals surface area contributed by atoms with E-state index in [2.05, 4.69) is 257 Å². The molecule has 0 fully saturated rings. The molecule has 0 spiro atoms. The zero-order chi connectivity index (χ0) is 44.0. The highest BCUT2D eigenvalue weighted by Crippen LogP contribution is 2.61. The lowest BCUT2D eigenvalue weighted by Gasteiger charge is -2.44. The van der Waals surface area contributed by atoms with E-state index in [9.17, 15) is 0 Å². The lowest BCUT2D eigenvalue weighted by Crippen LogP contribution is -2.28. The first-order chi connectivity index (χ1) is 32.5. The van der Waals surface area contributed by atoms with Crippen LogP contribution in [0.15, 0.2) is 206 Å². The molecule has 0 N–H and O–H groups in total. The molecule has 0 amide bonds. The molecule has 1 aromatic heterocycles. The van der Waals surface area contributed by atoms with E-state index < -0.39 is 0 Å². The van der Waals surface area contributed by atoms with Gasteiger partial charge in [0.15, 0.2) is 0 Å². The van der Waals surface area contributed by atoms with Crippen molar-refractivity contribution in [2.45, 2.75) is 0 Å². The van der Waals surface area contributed by atoms with Gasteiger partial charge in [-0.15, -0.1) is 11.3 Å². The van der Waals surface area contributed by atoms with Crippen LogP contribution in [0, 0.1) is 0 Å². The van der Waals surface area contributed by atoms with E-state index in [1.54, 1.807) is 11.3 Å². The Kier molecular flexibility index (Phi) is 8.60. The van der Waals surface area contributed by atoms with Crippen molar-refractivity contribution in [3.05, 3.63) is 206 Å². The van der Waals surface area contributed by atoms with Crippen LogP contribution in [0.3, 0.4) is 0 Å². The van der Waals surface area contributed by atoms with E-state index in [4.69, 9.17) is 4.98 Å². The second kappa shape index (κ2) is 14.9. The molecule has 9 aromatic carbocycles. The fourth-order valence-corrected chi connectivity index (χ4v) is 11.3. The largest absolute Gasteiger partial charge is 0.341 e. The van der Waals surface area contributed by atoms with Gasteiger partial charge in [-0.05, 0) is 109 Å². The van der Waals surface area contributed by atoms with E-state index >= 15 is 0 Å². The topological polar surface area (TPSA) is 32.3 Å². The normalized spacial score (nSPS) is 13.5. The molecule has 66 heavy (non-hydrogen) atoms. The van der Waals surface area contributed by atoms with E-state index in [0.29, 0.717) is 0 Å². The number of nitrogens with zero attached hydrogens (tertiary/aromatic N) is 7. The van der Waals surface area contributed by atoms with E-state index in [-0.39, 0.29) is 0 Å². The molecule has 0 atom stereocenters. The smallest absolute Gasteiger partial charge is 0.124 e. The Morgan fingerprint density at radius 3 is 1.20 bits per heavy atom. The van der Waals surface area contributed by atoms with Crippen molar-refractivity contribution in [1.82, 2.24) is 4.98 Å². The molecular weight excluding hydrogens is 827 g/mol. The number of benzene rings is 9. The minimum Gasteiger partial charge on any atom is -0.341 e. The third kappa shape index (κ3) is 5.71. The predicted octanol–water partition coefficient (Wildman–Crippen LogP) is 16.3. The van der Waals surface area contributed by atoms with Crippen LogP contribution in [0.4, 0.5) is 85.3 Å². The Hall–Kier alpha value is -8.33. The van der Waals surface area contributed by atoms with Gasteiger partial charge in [-0.1, -0.05) is 103 Å². The zero-order valence-corrected chi connectivity index (χ0v) is 37.5.